The Kier molecular flexibility index (Phi) is 10.1. The van der Waals surface area contributed by atoms with Crippen molar-refractivity contribution in [2.75, 3.05) is 0 Å². The van der Waals surface area contributed by atoms with Crippen LogP contribution in [0.25, 0.3) is 106 Å². The highest BCUT2D eigenvalue weighted by molar-refractivity contribution is 7.19. The lowest BCUT2D eigenvalue weighted by molar-refractivity contribution is 0.953. The van der Waals surface area contributed by atoms with Crippen LogP contribution in [0, 0.1) is 0 Å². The van der Waals surface area contributed by atoms with Crippen LogP contribution in [0.4, 0.5) is 0 Å². The van der Waals surface area contributed by atoms with Gasteiger partial charge in [0.15, 0.2) is 19.7 Å². The van der Waals surface area contributed by atoms with E-state index in [1.54, 1.807) is 0 Å². The minimum Gasteiger partial charge on any atom is -0.309 e. The van der Waals surface area contributed by atoms with Gasteiger partial charge in [0.25, 0.3) is 0 Å². The third-order valence-corrected chi connectivity index (χ3v) is 20.3. The Hall–Kier alpha value is -9.95. The Labute approximate surface area is 439 Å². The molecule has 4 aromatic heterocycles. The van der Waals surface area contributed by atoms with Crippen molar-refractivity contribution in [1.29, 1.82) is 0 Å². The normalized spacial score (nSPS) is 11.9. The summed E-state index contributed by atoms with van der Waals surface area (Å²) < 4.78 is 7.03. The summed E-state index contributed by atoms with van der Waals surface area (Å²) >= 11 is 0. The molecule has 0 N–H and O–H groups in total. The van der Waals surface area contributed by atoms with Crippen LogP contribution in [0.15, 0.2) is 279 Å². The molecule has 7 heteroatoms. The Morgan fingerprint density at radius 3 is 0.947 bits per heavy atom. The molecule has 0 unspecified atom stereocenters. The molecule has 0 aliphatic rings. The first kappa shape index (κ1) is 43.6. The van der Waals surface area contributed by atoms with Crippen LogP contribution in [0.5, 0.6) is 0 Å². The zero-order valence-corrected chi connectivity index (χ0v) is 42.2. The highest BCUT2D eigenvalue weighted by Gasteiger charge is 2.41. The number of rotatable bonds is 9. The quantitative estimate of drug-likeness (QED) is 0.107. The average molecular weight is 987 g/mol. The monoisotopic (exact) mass is 986 g/mol. The summed E-state index contributed by atoms with van der Waals surface area (Å²) in [6, 6.07) is 101. The predicted octanol–water partition coefficient (Wildman–Crippen LogP) is 13.9. The number of aromatic nitrogens is 6. The lowest BCUT2D eigenvalue weighted by Gasteiger charge is -2.34. The van der Waals surface area contributed by atoms with Gasteiger partial charge in [-0.2, -0.15) is 9.97 Å². The van der Waals surface area contributed by atoms with E-state index < -0.39 is 8.07 Å². The van der Waals surface area contributed by atoms with Crippen molar-refractivity contribution >= 4 is 94.2 Å². The lowest BCUT2D eigenvalue weighted by Crippen LogP contribution is -2.74. The van der Waals surface area contributed by atoms with E-state index in [9.17, 15) is 0 Å². The van der Waals surface area contributed by atoms with Gasteiger partial charge in [-0.25, -0.2) is 4.98 Å². The smallest absolute Gasteiger partial charge is 0.238 e. The van der Waals surface area contributed by atoms with E-state index in [2.05, 4.69) is 275 Å². The second-order valence-electron chi connectivity index (χ2n) is 19.6. The summed E-state index contributed by atoms with van der Waals surface area (Å²) in [5.41, 5.74) is 10.6. The SMILES string of the molecule is c1ccc(-c2nc(-c3ccc([Si](c4ccccc4)(c4ccccc4)c4ccccc4)cc3)nc(-n3c4ccc(-n5c6ccccc6c6ccccc65)cc4c4cc(-n5c6ccccc6c6ccccc65)ccc43)n2)cc1. The maximum Gasteiger partial charge on any atom is 0.238 e. The van der Waals surface area contributed by atoms with Crippen molar-refractivity contribution in [2.24, 2.45) is 0 Å². The molecule has 0 atom stereocenters. The van der Waals surface area contributed by atoms with Gasteiger partial charge in [-0.3, -0.25) is 4.57 Å². The number of nitrogens with zero attached hydrogens (tertiary/aromatic N) is 6. The summed E-state index contributed by atoms with van der Waals surface area (Å²) in [4.78, 5) is 16.2. The molecule has 4 heterocycles. The molecule has 11 aromatic carbocycles. The molecule has 15 rings (SSSR count). The van der Waals surface area contributed by atoms with Crippen molar-refractivity contribution in [3.63, 3.8) is 0 Å². The van der Waals surface area contributed by atoms with Crippen LogP contribution >= 0.6 is 0 Å². The number of para-hydroxylation sites is 4. The fourth-order valence-electron chi connectivity index (χ4n) is 12.1. The molecule has 0 bridgehead atoms. The van der Waals surface area contributed by atoms with E-state index in [4.69, 9.17) is 15.0 Å². The van der Waals surface area contributed by atoms with Gasteiger partial charge < -0.3 is 9.13 Å². The molecule has 6 nitrogen and oxygen atoms in total. The highest BCUT2D eigenvalue weighted by atomic mass is 28.3. The van der Waals surface area contributed by atoms with E-state index in [0.29, 0.717) is 17.6 Å². The van der Waals surface area contributed by atoms with Gasteiger partial charge in [-0.15, -0.1) is 0 Å². The third-order valence-electron chi connectivity index (χ3n) is 15.5. The van der Waals surface area contributed by atoms with Crippen LogP contribution in [-0.4, -0.2) is 36.7 Å². The van der Waals surface area contributed by atoms with Gasteiger partial charge >= 0.3 is 0 Å². The van der Waals surface area contributed by atoms with E-state index >= 15 is 0 Å². The topological polar surface area (TPSA) is 53.5 Å². The summed E-state index contributed by atoms with van der Waals surface area (Å²) in [7, 11) is -2.77. The molecule has 0 amide bonds. The molecule has 356 valence electrons. The van der Waals surface area contributed by atoms with Crippen molar-refractivity contribution in [2.45, 2.75) is 0 Å². The maximum absolute atomic E-state index is 5.49. The number of fused-ring (bicyclic) bond motifs is 9. The summed E-state index contributed by atoms with van der Waals surface area (Å²) in [6.07, 6.45) is 0. The minimum atomic E-state index is -2.77. The lowest BCUT2D eigenvalue weighted by atomic mass is 10.1. The summed E-state index contributed by atoms with van der Waals surface area (Å²) in [5, 5.41) is 12.3. The molecular weight excluding hydrogens is 941 g/mol. The zero-order valence-electron chi connectivity index (χ0n) is 41.2. The highest BCUT2D eigenvalue weighted by Crippen LogP contribution is 2.39. The maximum atomic E-state index is 5.49. The molecule has 15 aromatic rings. The van der Waals surface area contributed by atoms with E-state index in [1.165, 1.54) is 42.3 Å². The van der Waals surface area contributed by atoms with E-state index in [-0.39, 0.29) is 0 Å². The number of benzene rings is 11. The Balaban J connectivity index is 0.966. The fraction of sp³-hybridized carbons (Fsp3) is 0. The third kappa shape index (κ3) is 6.76. The summed E-state index contributed by atoms with van der Waals surface area (Å²) in [5.74, 6) is 1.74. The van der Waals surface area contributed by atoms with Gasteiger partial charge in [0, 0.05) is 54.8 Å². The molecule has 0 aliphatic heterocycles. The molecule has 0 saturated carbocycles. The van der Waals surface area contributed by atoms with Crippen molar-refractivity contribution in [3.05, 3.63) is 279 Å². The van der Waals surface area contributed by atoms with Gasteiger partial charge in [0.05, 0.1) is 33.1 Å². The van der Waals surface area contributed by atoms with Crippen LogP contribution in [0.2, 0.25) is 0 Å². The first-order valence-electron chi connectivity index (χ1n) is 25.9. The first-order chi connectivity index (χ1) is 37.7. The Morgan fingerprint density at radius 1 is 0.237 bits per heavy atom. The van der Waals surface area contributed by atoms with Crippen molar-refractivity contribution < 1.29 is 0 Å². The van der Waals surface area contributed by atoms with Gasteiger partial charge in [0.2, 0.25) is 5.95 Å². The largest absolute Gasteiger partial charge is 0.309 e. The number of hydrogen-bond acceptors (Lipinski definition) is 3. The van der Waals surface area contributed by atoms with Gasteiger partial charge in [-0.1, -0.05) is 218 Å². The van der Waals surface area contributed by atoms with Gasteiger partial charge in [-0.05, 0) is 81.4 Å². The molecule has 76 heavy (non-hydrogen) atoms. The van der Waals surface area contributed by atoms with Crippen molar-refractivity contribution in [3.8, 4) is 40.1 Å². The first-order valence-corrected chi connectivity index (χ1v) is 27.9. The van der Waals surface area contributed by atoms with E-state index in [1.807, 2.05) is 18.2 Å². The molecular formula is C69H46N6Si. The number of hydrogen-bond donors (Lipinski definition) is 0. The Morgan fingerprint density at radius 2 is 0.553 bits per heavy atom. The molecule has 0 spiro atoms. The zero-order chi connectivity index (χ0) is 50.2. The second kappa shape index (κ2) is 17.6. The van der Waals surface area contributed by atoms with Crippen LogP contribution < -0.4 is 20.7 Å². The molecule has 0 aliphatic carbocycles. The van der Waals surface area contributed by atoms with Gasteiger partial charge in [0.1, 0.15) is 0 Å². The minimum absolute atomic E-state index is 0.545. The van der Waals surface area contributed by atoms with Crippen LogP contribution in [0.3, 0.4) is 0 Å². The Bertz CT molecular complexity index is 4300. The molecule has 0 radical (unpaired) electrons. The van der Waals surface area contributed by atoms with Crippen molar-refractivity contribution in [1.82, 2.24) is 28.7 Å². The van der Waals surface area contributed by atoms with Crippen LogP contribution in [-0.2, 0) is 0 Å². The van der Waals surface area contributed by atoms with Crippen LogP contribution in [0.1, 0.15) is 0 Å². The van der Waals surface area contributed by atoms with E-state index in [0.717, 1.165) is 66.4 Å². The average Bonchev–Trinajstić information content (AvgIpc) is 4.16. The molecule has 0 fully saturated rings. The standard InChI is InChI=1S/C69H46N6Si/c1-5-21-47(22-6-1)67-70-68(48-37-41-54(42-38-48)76(51-23-7-2-8-24-51,52-25-9-3-10-26-52)53-27-11-4-12-28-53)72-69(71-67)75-65-43-39-49(73-61-33-17-13-29-55(61)56-30-14-18-34-62(56)73)45-59(65)60-46-50(40-44-66(60)75)74-63-35-19-15-31-57(63)58-32-16-20-36-64(58)74/h1-46H. The summed E-state index contributed by atoms with van der Waals surface area (Å²) in [6.45, 7) is 0. The predicted molar refractivity (Wildman–Crippen MR) is 317 cm³/mol. The molecule has 0 saturated heterocycles. The fourth-order valence-corrected chi connectivity index (χ4v) is 16.9. The second-order valence-corrected chi connectivity index (χ2v) is 23.4.